The summed E-state index contributed by atoms with van der Waals surface area (Å²) in [5.74, 6) is 0.0856. The van der Waals surface area contributed by atoms with Gasteiger partial charge in [-0.3, -0.25) is 19.3 Å². The van der Waals surface area contributed by atoms with Crippen molar-refractivity contribution >= 4 is 17.5 Å². The van der Waals surface area contributed by atoms with Gasteiger partial charge in [-0.05, 0) is 25.0 Å². The predicted molar refractivity (Wildman–Crippen MR) is 87.4 cm³/mol. The zero-order valence-corrected chi connectivity index (χ0v) is 13.6. The highest BCUT2D eigenvalue weighted by Gasteiger charge is 2.52. The van der Waals surface area contributed by atoms with Crippen molar-refractivity contribution in [1.82, 2.24) is 19.7 Å². The Bertz CT molecular complexity index is 787. The number of amides is 2. The highest BCUT2D eigenvalue weighted by Crippen LogP contribution is 2.42. The van der Waals surface area contributed by atoms with Gasteiger partial charge in [0.25, 0.3) is 5.91 Å². The maximum atomic E-state index is 13.0. The van der Waals surface area contributed by atoms with Crippen LogP contribution in [0, 0.1) is 5.41 Å². The third kappa shape index (κ3) is 2.28. The molecule has 0 unspecified atom stereocenters. The summed E-state index contributed by atoms with van der Waals surface area (Å²) in [5.41, 5.74) is 1.01. The minimum absolute atomic E-state index is 0.0260. The van der Waals surface area contributed by atoms with Gasteiger partial charge in [-0.15, -0.1) is 0 Å². The number of aryl methyl sites for hydroxylation is 1. The minimum atomic E-state index is -0.446. The van der Waals surface area contributed by atoms with Gasteiger partial charge in [0.1, 0.15) is 0 Å². The highest BCUT2D eigenvalue weighted by molar-refractivity contribution is 6.01. The van der Waals surface area contributed by atoms with Crippen LogP contribution in [0.4, 0.5) is 5.69 Å². The van der Waals surface area contributed by atoms with Crippen LogP contribution in [0.2, 0.25) is 0 Å². The lowest BCUT2D eigenvalue weighted by Gasteiger charge is -2.23. The van der Waals surface area contributed by atoms with E-state index in [-0.39, 0.29) is 11.8 Å². The minimum Gasteiger partial charge on any atom is -0.338 e. The molecule has 0 bridgehead atoms. The number of carbonyl (C=O) groups excluding carboxylic acids is 2. The number of hydrogen-bond acceptors (Lipinski definition) is 4. The summed E-state index contributed by atoms with van der Waals surface area (Å²) in [6.45, 7) is 1.79. The molecule has 2 saturated heterocycles. The van der Waals surface area contributed by atoms with Crippen molar-refractivity contribution < 1.29 is 9.59 Å². The highest BCUT2D eigenvalue weighted by atomic mass is 16.2. The topological polar surface area (TPSA) is 71.3 Å². The van der Waals surface area contributed by atoms with Crippen molar-refractivity contribution in [3.05, 3.63) is 42.5 Å². The monoisotopic (exact) mass is 325 g/mol. The van der Waals surface area contributed by atoms with Crippen LogP contribution in [0.3, 0.4) is 0 Å². The molecule has 0 radical (unpaired) electrons. The van der Waals surface area contributed by atoms with E-state index >= 15 is 0 Å². The first-order valence-electron chi connectivity index (χ1n) is 8.09. The third-order valence-corrected chi connectivity index (χ3v) is 5.08. The molecule has 2 aromatic rings. The van der Waals surface area contributed by atoms with Gasteiger partial charge >= 0.3 is 0 Å². The van der Waals surface area contributed by atoms with Crippen LogP contribution >= 0.6 is 0 Å². The molecule has 2 aromatic heterocycles. The van der Waals surface area contributed by atoms with Crippen molar-refractivity contribution in [2.75, 3.05) is 24.5 Å². The van der Waals surface area contributed by atoms with Gasteiger partial charge in [0.2, 0.25) is 5.91 Å². The molecule has 0 N–H and O–H groups in total. The first-order chi connectivity index (χ1) is 11.6. The number of anilines is 1. The van der Waals surface area contributed by atoms with E-state index in [4.69, 9.17) is 0 Å². The second kappa shape index (κ2) is 5.43. The molecule has 2 aliphatic heterocycles. The first-order valence-corrected chi connectivity index (χ1v) is 8.09. The predicted octanol–water partition coefficient (Wildman–Crippen LogP) is 1.08. The van der Waals surface area contributed by atoms with Crippen molar-refractivity contribution in [3.8, 4) is 0 Å². The van der Waals surface area contributed by atoms with Crippen molar-refractivity contribution in [2.45, 2.75) is 12.8 Å². The fourth-order valence-corrected chi connectivity index (χ4v) is 3.72. The van der Waals surface area contributed by atoms with Gasteiger partial charge in [0.15, 0.2) is 0 Å². The molecule has 124 valence electrons. The lowest BCUT2D eigenvalue weighted by molar-refractivity contribution is -0.124. The largest absolute Gasteiger partial charge is 0.338 e. The van der Waals surface area contributed by atoms with Crippen LogP contribution in [-0.4, -0.2) is 51.1 Å². The smallest absolute Gasteiger partial charge is 0.253 e. The van der Waals surface area contributed by atoms with E-state index in [2.05, 4.69) is 10.1 Å². The maximum Gasteiger partial charge on any atom is 0.253 e. The van der Waals surface area contributed by atoms with Crippen molar-refractivity contribution in [2.24, 2.45) is 12.5 Å². The summed E-state index contributed by atoms with van der Waals surface area (Å²) in [5, 5.41) is 4.15. The molecule has 4 rings (SSSR count). The van der Waals surface area contributed by atoms with Gasteiger partial charge in [-0.2, -0.15) is 5.10 Å². The normalized spacial score (nSPS) is 23.5. The van der Waals surface area contributed by atoms with Crippen LogP contribution in [0.1, 0.15) is 23.2 Å². The SMILES string of the molecule is Cn1cc(N2CC[C@]3(CCN(C(=O)c4ccncc4)C3)C2=O)cn1. The van der Waals surface area contributed by atoms with E-state index in [1.165, 1.54) is 0 Å². The number of carbonyl (C=O) groups is 2. The van der Waals surface area contributed by atoms with E-state index in [9.17, 15) is 9.59 Å². The Morgan fingerprint density at radius 1 is 1.21 bits per heavy atom. The quantitative estimate of drug-likeness (QED) is 0.828. The fraction of sp³-hybridized carbons (Fsp3) is 0.412. The number of aromatic nitrogens is 3. The maximum absolute atomic E-state index is 13.0. The Morgan fingerprint density at radius 3 is 2.67 bits per heavy atom. The van der Waals surface area contributed by atoms with Gasteiger partial charge in [-0.1, -0.05) is 0 Å². The van der Waals surface area contributed by atoms with E-state index in [0.717, 1.165) is 18.5 Å². The summed E-state index contributed by atoms with van der Waals surface area (Å²) < 4.78 is 1.70. The molecule has 2 amide bonds. The summed E-state index contributed by atoms with van der Waals surface area (Å²) in [7, 11) is 1.84. The second-order valence-electron chi connectivity index (χ2n) is 6.57. The van der Waals surface area contributed by atoms with Crippen LogP contribution in [0.25, 0.3) is 0 Å². The van der Waals surface area contributed by atoms with Crippen LogP contribution in [-0.2, 0) is 11.8 Å². The molecule has 1 spiro atoms. The number of hydrogen-bond donors (Lipinski definition) is 0. The lowest BCUT2D eigenvalue weighted by Crippen LogP contribution is -2.38. The first kappa shape index (κ1) is 14.9. The van der Waals surface area contributed by atoms with Crippen LogP contribution < -0.4 is 4.90 Å². The van der Waals surface area contributed by atoms with E-state index in [1.807, 2.05) is 13.2 Å². The molecule has 7 heteroatoms. The third-order valence-electron chi connectivity index (χ3n) is 5.08. The standard InChI is InChI=1S/C17H19N5O2/c1-20-11-14(10-19-20)22-9-5-17(16(22)24)4-8-21(12-17)15(23)13-2-6-18-7-3-13/h2-3,6-7,10-11H,4-5,8-9,12H2,1H3/t17-/m0/s1. The molecular formula is C17H19N5O2. The van der Waals surface area contributed by atoms with Crippen molar-refractivity contribution in [3.63, 3.8) is 0 Å². The molecule has 4 heterocycles. The summed E-state index contributed by atoms with van der Waals surface area (Å²) in [6.07, 6.45) is 8.30. The molecule has 0 saturated carbocycles. The van der Waals surface area contributed by atoms with E-state index in [1.54, 1.807) is 45.2 Å². The number of likely N-dealkylation sites (tertiary alicyclic amines) is 1. The summed E-state index contributed by atoms with van der Waals surface area (Å²) in [6, 6.07) is 3.43. The molecule has 2 fully saturated rings. The molecule has 1 atom stereocenters. The number of pyridine rings is 1. The molecule has 0 aliphatic carbocycles. The Kier molecular flexibility index (Phi) is 3.37. The van der Waals surface area contributed by atoms with Gasteiger partial charge in [-0.25, -0.2) is 0 Å². The average molecular weight is 325 g/mol. The Hall–Kier alpha value is -2.70. The fourth-order valence-electron chi connectivity index (χ4n) is 3.72. The van der Waals surface area contributed by atoms with Gasteiger partial charge < -0.3 is 9.80 Å². The van der Waals surface area contributed by atoms with Gasteiger partial charge in [0, 0.05) is 50.8 Å². The van der Waals surface area contributed by atoms with Gasteiger partial charge in [0.05, 0.1) is 17.3 Å². The molecular weight excluding hydrogens is 306 g/mol. The Balaban J connectivity index is 1.52. The zero-order valence-electron chi connectivity index (χ0n) is 13.6. The number of rotatable bonds is 2. The Morgan fingerprint density at radius 2 is 1.96 bits per heavy atom. The average Bonchev–Trinajstić information content (AvgIpc) is 3.30. The van der Waals surface area contributed by atoms with Crippen LogP contribution in [0.5, 0.6) is 0 Å². The summed E-state index contributed by atoms with van der Waals surface area (Å²) in [4.78, 5) is 33.1. The van der Waals surface area contributed by atoms with Crippen LogP contribution in [0.15, 0.2) is 36.9 Å². The molecule has 24 heavy (non-hydrogen) atoms. The molecule has 7 nitrogen and oxygen atoms in total. The molecule has 0 aromatic carbocycles. The second-order valence-corrected chi connectivity index (χ2v) is 6.57. The number of nitrogens with zero attached hydrogens (tertiary/aromatic N) is 5. The zero-order chi connectivity index (χ0) is 16.7. The Labute approximate surface area is 139 Å². The molecule has 2 aliphatic rings. The van der Waals surface area contributed by atoms with E-state index in [0.29, 0.717) is 25.2 Å². The van der Waals surface area contributed by atoms with Crippen molar-refractivity contribution in [1.29, 1.82) is 0 Å². The summed E-state index contributed by atoms with van der Waals surface area (Å²) >= 11 is 0. The lowest BCUT2D eigenvalue weighted by atomic mass is 9.85. The van der Waals surface area contributed by atoms with E-state index < -0.39 is 5.41 Å².